The Labute approximate surface area is 144 Å². The lowest BCUT2D eigenvalue weighted by Crippen LogP contribution is -2.38. The van der Waals surface area contributed by atoms with Gasteiger partial charge in [-0.1, -0.05) is 34.2 Å². The Hall–Kier alpha value is -1.63. The standard InChI is InChI=1S/C16H22BrNO5/c1-2-23-16(22)10-13(18-14(19)7-8-15(20)21)9-11-3-5-12(17)6-4-11/h3,5-6,11,13H,2,4,7-10H2,1H3,(H,18,19)(H,20,21)/t11?,13-/m1/s1. The van der Waals surface area contributed by atoms with Crippen LogP contribution in [0.3, 0.4) is 0 Å². The summed E-state index contributed by atoms with van der Waals surface area (Å²) in [6, 6.07) is -0.365. The van der Waals surface area contributed by atoms with E-state index < -0.39 is 5.97 Å². The van der Waals surface area contributed by atoms with Gasteiger partial charge in [0.25, 0.3) is 0 Å². The van der Waals surface area contributed by atoms with Crippen LogP contribution in [0.2, 0.25) is 0 Å². The molecule has 7 heteroatoms. The molecular weight excluding hydrogens is 366 g/mol. The van der Waals surface area contributed by atoms with Gasteiger partial charge in [-0.3, -0.25) is 14.4 Å². The maximum absolute atomic E-state index is 11.8. The van der Waals surface area contributed by atoms with E-state index in [1.165, 1.54) is 0 Å². The van der Waals surface area contributed by atoms with Crippen molar-refractivity contribution in [2.24, 2.45) is 5.92 Å². The van der Waals surface area contributed by atoms with Crippen LogP contribution in [0.25, 0.3) is 0 Å². The van der Waals surface area contributed by atoms with Gasteiger partial charge in [0.2, 0.25) is 5.91 Å². The van der Waals surface area contributed by atoms with Gasteiger partial charge in [0.1, 0.15) is 0 Å². The van der Waals surface area contributed by atoms with Crippen LogP contribution in [0.5, 0.6) is 0 Å². The Balaban J connectivity index is 2.57. The molecule has 0 aromatic heterocycles. The number of carboxylic acids is 1. The van der Waals surface area contributed by atoms with Gasteiger partial charge < -0.3 is 15.2 Å². The number of carbonyl (C=O) groups is 3. The predicted octanol–water partition coefficient (Wildman–Crippen LogP) is 2.53. The Morgan fingerprint density at radius 2 is 2.17 bits per heavy atom. The summed E-state index contributed by atoms with van der Waals surface area (Å²) in [5.41, 5.74) is 0. The highest BCUT2D eigenvalue weighted by Gasteiger charge is 2.21. The zero-order chi connectivity index (χ0) is 17.2. The third kappa shape index (κ3) is 8.54. The maximum Gasteiger partial charge on any atom is 0.307 e. The average Bonchev–Trinajstić information content (AvgIpc) is 2.47. The second kappa shape index (κ2) is 10.2. The van der Waals surface area contributed by atoms with Gasteiger partial charge in [0.15, 0.2) is 0 Å². The molecule has 0 aliphatic heterocycles. The van der Waals surface area contributed by atoms with Gasteiger partial charge in [-0.2, -0.15) is 0 Å². The summed E-state index contributed by atoms with van der Waals surface area (Å²) in [6.07, 6.45) is 7.21. The Morgan fingerprint density at radius 3 is 2.74 bits per heavy atom. The van der Waals surface area contributed by atoms with Crippen LogP contribution in [0.1, 0.15) is 39.0 Å². The third-order valence-electron chi connectivity index (χ3n) is 3.38. The van der Waals surface area contributed by atoms with Crippen molar-refractivity contribution >= 4 is 33.8 Å². The van der Waals surface area contributed by atoms with Gasteiger partial charge in [0.05, 0.1) is 19.4 Å². The molecule has 6 nitrogen and oxygen atoms in total. The van der Waals surface area contributed by atoms with E-state index in [1.54, 1.807) is 6.92 Å². The molecule has 0 fully saturated rings. The van der Waals surface area contributed by atoms with E-state index in [2.05, 4.69) is 21.2 Å². The molecule has 23 heavy (non-hydrogen) atoms. The van der Waals surface area contributed by atoms with Crippen molar-refractivity contribution in [1.82, 2.24) is 5.32 Å². The second-order valence-corrected chi connectivity index (χ2v) is 6.26. The van der Waals surface area contributed by atoms with Crippen LogP contribution in [0.15, 0.2) is 22.7 Å². The van der Waals surface area contributed by atoms with Crippen molar-refractivity contribution in [2.45, 2.75) is 45.1 Å². The smallest absolute Gasteiger partial charge is 0.307 e. The predicted molar refractivity (Wildman–Crippen MR) is 88.9 cm³/mol. The fourth-order valence-corrected chi connectivity index (χ4v) is 2.65. The van der Waals surface area contributed by atoms with Gasteiger partial charge in [-0.25, -0.2) is 0 Å². The van der Waals surface area contributed by atoms with Crippen LogP contribution in [-0.2, 0) is 19.1 Å². The SMILES string of the molecule is CCOC(=O)C[C@@H](CC1C=CC(Br)=CC1)NC(=O)CCC(=O)O. The minimum atomic E-state index is -1.02. The molecule has 2 N–H and O–H groups in total. The number of allylic oxidation sites excluding steroid dienone is 4. The molecule has 128 valence electrons. The molecule has 1 unspecified atom stereocenters. The molecule has 0 aromatic carbocycles. The normalized spacial score (nSPS) is 18.0. The highest BCUT2D eigenvalue weighted by Crippen LogP contribution is 2.24. The van der Waals surface area contributed by atoms with E-state index >= 15 is 0 Å². The molecule has 0 heterocycles. The number of esters is 1. The van der Waals surface area contributed by atoms with Crippen molar-refractivity contribution in [3.63, 3.8) is 0 Å². The quantitative estimate of drug-likeness (QED) is 0.593. The molecule has 1 aliphatic carbocycles. The first-order valence-electron chi connectivity index (χ1n) is 7.61. The number of halogens is 1. The molecule has 0 aromatic rings. The molecular formula is C16H22BrNO5. The van der Waals surface area contributed by atoms with Gasteiger partial charge in [-0.15, -0.1) is 0 Å². The van der Waals surface area contributed by atoms with Crippen LogP contribution in [0.4, 0.5) is 0 Å². The number of amides is 1. The first kappa shape index (κ1) is 19.4. The summed E-state index contributed by atoms with van der Waals surface area (Å²) < 4.78 is 5.95. The number of aliphatic carboxylic acids is 1. The molecule has 0 spiro atoms. The fraction of sp³-hybridized carbons (Fsp3) is 0.562. The van der Waals surface area contributed by atoms with Gasteiger partial charge in [0, 0.05) is 16.9 Å². The van der Waals surface area contributed by atoms with Crippen LogP contribution in [0, 0.1) is 5.92 Å². The van der Waals surface area contributed by atoms with Crippen molar-refractivity contribution in [1.29, 1.82) is 0 Å². The molecule has 0 saturated heterocycles. The van der Waals surface area contributed by atoms with E-state index in [9.17, 15) is 14.4 Å². The minimum absolute atomic E-state index is 0.0852. The van der Waals surface area contributed by atoms with E-state index in [1.807, 2.05) is 18.2 Å². The number of rotatable bonds is 9. The van der Waals surface area contributed by atoms with Crippen molar-refractivity contribution < 1.29 is 24.2 Å². The van der Waals surface area contributed by atoms with E-state index in [4.69, 9.17) is 9.84 Å². The number of carbonyl (C=O) groups excluding carboxylic acids is 2. The molecule has 0 radical (unpaired) electrons. The molecule has 1 rings (SSSR count). The van der Waals surface area contributed by atoms with Crippen LogP contribution < -0.4 is 5.32 Å². The lowest BCUT2D eigenvalue weighted by molar-refractivity contribution is -0.144. The van der Waals surface area contributed by atoms with E-state index in [0.29, 0.717) is 6.42 Å². The van der Waals surface area contributed by atoms with Gasteiger partial charge in [-0.05, 0) is 25.7 Å². The molecule has 1 aliphatic rings. The summed E-state index contributed by atoms with van der Waals surface area (Å²) >= 11 is 3.39. The molecule has 0 saturated carbocycles. The lowest BCUT2D eigenvalue weighted by Gasteiger charge is -2.23. The topological polar surface area (TPSA) is 92.7 Å². The van der Waals surface area contributed by atoms with Crippen LogP contribution in [-0.4, -0.2) is 35.6 Å². The summed E-state index contributed by atoms with van der Waals surface area (Å²) in [7, 11) is 0. The summed E-state index contributed by atoms with van der Waals surface area (Å²) in [6.45, 7) is 2.02. The van der Waals surface area contributed by atoms with E-state index in [-0.39, 0.29) is 49.7 Å². The fourth-order valence-electron chi connectivity index (χ4n) is 2.31. The summed E-state index contributed by atoms with van der Waals surface area (Å²) in [5.74, 6) is -1.53. The third-order valence-corrected chi connectivity index (χ3v) is 3.97. The molecule has 0 bridgehead atoms. The number of nitrogens with one attached hydrogen (secondary N) is 1. The monoisotopic (exact) mass is 387 g/mol. The number of hydrogen-bond donors (Lipinski definition) is 2. The lowest BCUT2D eigenvalue weighted by atomic mass is 9.92. The van der Waals surface area contributed by atoms with Crippen molar-refractivity contribution in [3.8, 4) is 0 Å². The second-order valence-electron chi connectivity index (χ2n) is 5.35. The average molecular weight is 388 g/mol. The summed E-state index contributed by atoms with van der Waals surface area (Å²) in [4.78, 5) is 34.0. The van der Waals surface area contributed by atoms with Crippen molar-refractivity contribution in [3.05, 3.63) is 22.7 Å². The zero-order valence-electron chi connectivity index (χ0n) is 13.1. The Bertz CT molecular complexity index is 501. The first-order valence-corrected chi connectivity index (χ1v) is 8.40. The Morgan fingerprint density at radius 1 is 1.43 bits per heavy atom. The van der Waals surface area contributed by atoms with E-state index in [0.717, 1.165) is 10.9 Å². The number of ether oxygens (including phenoxy) is 1. The molecule has 1 amide bonds. The largest absolute Gasteiger partial charge is 0.481 e. The number of carboxylic acid groups (broad SMARTS) is 1. The van der Waals surface area contributed by atoms with Crippen molar-refractivity contribution in [2.75, 3.05) is 6.61 Å². The highest BCUT2D eigenvalue weighted by atomic mass is 79.9. The Kier molecular flexibility index (Phi) is 8.61. The summed E-state index contributed by atoms with van der Waals surface area (Å²) in [5, 5.41) is 11.4. The first-order chi connectivity index (χ1) is 10.9. The zero-order valence-corrected chi connectivity index (χ0v) is 14.7. The highest BCUT2D eigenvalue weighted by molar-refractivity contribution is 9.11. The number of hydrogen-bond acceptors (Lipinski definition) is 4. The van der Waals surface area contributed by atoms with Gasteiger partial charge >= 0.3 is 11.9 Å². The van der Waals surface area contributed by atoms with Crippen LogP contribution >= 0.6 is 15.9 Å². The minimum Gasteiger partial charge on any atom is -0.481 e. The molecule has 2 atom stereocenters. The maximum atomic E-state index is 11.8.